The molecule has 1 aliphatic rings. The zero-order valence-corrected chi connectivity index (χ0v) is 18.4. The SMILES string of the molecule is CC[C@@H]1C(=O)N(C)c2cnc(-c3cn[nH]c3-c3nccs3)nc2N1c1ccc(Cl)cc1. The van der Waals surface area contributed by atoms with Gasteiger partial charge in [-0.15, -0.1) is 11.3 Å². The molecule has 1 amide bonds. The van der Waals surface area contributed by atoms with Crippen LogP contribution in [0, 0.1) is 0 Å². The second-order valence-electron chi connectivity index (χ2n) is 7.07. The minimum Gasteiger partial charge on any atom is -0.312 e. The first kappa shape index (κ1) is 19.7. The Labute approximate surface area is 187 Å². The van der Waals surface area contributed by atoms with E-state index in [9.17, 15) is 4.79 Å². The Morgan fingerprint density at radius 1 is 1.19 bits per heavy atom. The number of nitrogens with zero attached hydrogens (tertiary/aromatic N) is 6. The Morgan fingerprint density at radius 3 is 2.71 bits per heavy atom. The molecule has 0 fully saturated rings. The second kappa shape index (κ2) is 7.75. The number of hydrogen-bond acceptors (Lipinski definition) is 7. The van der Waals surface area contributed by atoms with Crippen molar-refractivity contribution in [1.82, 2.24) is 25.1 Å². The van der Waals surface area contributed by atoms with Crippen LogP contribution in [-0.2, 0) is 4.79 Å². The first-order chi connectivity index (χ1) is 15.1. The van der Waals surface area contributed by atoms with Crippen LogP contribution in [0.15, 0.2) is 48.2 Å². The van der Waals surface area contributed by atoms with E-state index in [1.807, 2.05) is 41.5 Å². The van der Waals surface area contributed by atoms with Gasteiger partial charge in [0.2, 0.25) is 5.91 Å². The van der Waals surface area contributed by atoms with E-state index in [-0.39, 0.29) is 11.9 Å². The molecule has 31 heavy (non-hydrogen) atoms. The van der Waals surface area contributed by atoms with E-state index < -0.39 is 0 Å². The van der Waals surface area contributed by atoms with Gasteiger partial charge in [0.1, 0.15) is 22.4 Å². The molecule has 8 nitrogen and oxygen atoms in total. The molecule has 0 unspecified atom stereocenters. The van der Waals surface area contributed by atoms with Crippen LogP contribution in [0.1, 0.15) is 13.3 Å². The van der Waals surface area contributed by atoms with E-state index in [0.717, 1.165) is 22.0 Å². The molecule has 3 aromatic heterocycles. The largest absolute Gasteiger partial charge is 0.312 e. The third-order valence-corrected chi connectivity index (χ3v) is 6.33. The Kier molecular flexibility index (Phi) is 4.91. The van der Waals surface area contributed by atoms with Crippen LogP contribution in [-0.4, -0.2) is 44.1 Å². The van der Waals surface area contributed by atoms with Gasteiger partial charge in [0.25, 0.3) is 0 Å². The Morgan fingerprint density at radius 2 is 2.00 bits per heavy atom. The van der Waals surface area contributed by atoms with Gasteiger partial charge in [0.05, 0.1) is 18.0 Å². The fourth-order valence-electron chi connectivity index (χ4n) is 3.74. The van der Waals surface area contributed by atoms with Gasteiger partial charge in [-0.1, -0.05) is 18.5 Å². The number of anilines is 3. The van der Waals surface area contributed by atoms with E-state index in [1.54, 1.807) is 30.5 Å². The number of rotatable bonds is 4. The maximum atomic E-state index is 13.1. The number of fused-ring (bicyclic) bond motifs is 1. The third-order valence-electron chi connectivity index (χ3n) is 5.28. The number of aromatic amines is 1. The molecule has 0 saturated carbocycles. The average molecular weight is 452 g/mol. The average Bonchev–Trinajstić information content (AvgIpc) is 3.48. The predicted octanol–water partition coefficient (Wildman–Crippen LogP) is 4.54. The summed E-state index contributed by atoms with van der Waals surface area (Å²) >= 11 is 7.61. The molecule has 0 radical (unpaired) electrons. The lowest BCUT2D eigenvalue weighted by molar-refractivity contribution is -0.119. The van der Waals surface area contributed by atoms with Crippen LogP contribution in [0.5, 0.6) is 0 Å². The molecule has 0 aliphatic carbocycles. The van der Waals surface area contributed by atoms with Crippen LogP contribution >= 0.6 is 22.9 Å². The Balaban J connectivity index is 1.68. The number of thiazole rings is 1. The summed E-state index contributed by atoms with van der Waals surface area (Å²) in [7, 11) is 1.75. The maximum Gasteiger partial charge on any atom is 0.250 e. The highest BCUT2D eigenvalue weighted by Crippen LogP contribution is 2.41. The van der Waals surface area contributed by atoms with Crippen LogP contribution in [0.4, 0.5) is 17.2 Å². The quantitative estimate of drug-likeness (QED) is 0.490. The summed E-state index contributed by atoms with van der Waals surface area (Å²) in [5, 5.41) is 10.5. The topological polar surface area (TPSA) is 90.9 Å². The lowest BCUT2D eigenvalue weighted by Crippen LogP contribution is -2.50. The van der Waals surface area contributed by atoms with Gasteiger partial charge in [0.15, 0.2) is 11.6 Å². The molecule has 1 N–H and O–H groups in total. The van der Waals surface area contributed by atoms with Crippen molar-refractivity contribution >= 4 is 46.0 Å². The highest BCUT2D eigenvalue weighted by molar-refractivity contribution is 7.13. The summed E-state index contributed by atoms with van der Waals surface area (Å²) in [6.07, 6.45) is 5.75. The number of halogens is 1. The predicted molar refractivity (Wildman–Crippen MR) is 122 cm³/mol. The van der Waals surface area contributed by atoms with Crippen molar-refractivity contribution in [3.63, 3.8) is 0 Å². The molecule has 10 heteroatoms. The van der Waals surface area contributed by atoms with E-state index in [4.69, 9.17) is 16.6 Å². The molecule has 1 aromatic carbocycles. The molecule has 4 aromatic rings. The van der Waals surface area contributed by atoms with Gasteiger partial charge in [0, 0.05) is 29.3 Å². The number of amides is 1. The molecule has 0 bridgehead atoms. The fraction of sp³-hybridized carbons (Fsp3) is 0.190. The number of likely N-dealkylation sites (N-methyl/N-ethyl adjacent to an activating group) is 1. The summed E-state index contributed by atoms with van der Waals surface area (Å²) in [6, 6.07) is 7.03. The van der Waals surface area contributed by atoms with Gasteiger partial charge in [-0.25, -0.2) is 15.0 Å². The summed E-state index contributed by atoms with van der Waals surface area (Å²) < 4.78 is 0. The van der Waals surface area contributed by atoms with Gasteiger partial charge < -0.3 is 9.80 Å². The number of carbonyl (C=O) groups excluding carboxylic acids is 1. The monoisotopic (exact) mass is 451 g/mol. The molecular formula is C21H18ClN7OS. The summed E-state index contributed by atoms with van der Waals surface area (Å²) in [5.41, 5.74) is 3.00. The van der Waals surface area contributed by atoms with Crippen molar-refractivity contribution in [1.29, 1.82) is 0 Å². The molecular weight excluding hydrogens is 434 g/mol. The normalized spacial score (nSPS) is 16.0. The molecule has 156 valence electrons. The van der Waals surface area contributed by atoms with Crippen LogP contribution in [0.25, 0.3) is 22.1 Å². The number of carbonyl (C=O) groups is 1. The van der Waals surface area contributed by atoms with Gasteiger partial charge in [-0.3, -0.25) is 9.89 Å². The summed E-state index contributed by atoms with van der Waals surface area (Å²) in [5.74, 6) is 1.16. The Bertz CT molecular complexity index is 1240. The lowest BCUT2D eigenvalue weighted by atomic mass is 10.1. The third kappa shape index (κ3) is 3.26. The van der Waals surface area contributed by atoms with Crippen molar-refractivity contribution in [3.8, 4) is 22.1 Å². The maximum absolute atomic E-state index is 13.1. The van der Waals surface area contributed by atoms with Crippen molar-refractivity contribution in [2.45, 2.75) is 19.4 Å². The number of aromatic nitrogens is 5. The molecule has 0 spiro atoms. The van der Waals surface area contributed by atoms with Crippen molar-refractivity contribution in [2.75, 3.05) is 16.8 Å². The van der Waals surface area contributed by atoms with E-state index in [2.05, 4.69) is 20.2 Å². The highest BCUT2D eigenvalue weighted by Gasteiger charge is 2.38. The zero-order valence-electron chi connectivity index (χ0n) is 16.8. The van der Waals surface area contributed by atoms with Gasteiger partial charge >= 0.3 is 0 Å². The molecule has 4 heterocycles. The van der Waals surface area contributed by atoms with Gasteiger partial charge in [-0.2, -0.15) is 5.10 Å². The van der Waals surface area contributed by atoms with Gasteiger partial charge in [-0.05, 0) is 30.7 Å². The number of hydrogen-bond donors (Lipinski definition) is 1. The van der Waals surface area contributed by atoms with Crippen molar-refractivity contribution < 1.29 is 4.79 Å². The summed E-state index contributed by atoms with van der Waals surface area (Å²) in [4.78, 5) is 30.5. The Hall–Kier alpha value is -3.30. The molecule has 1 aliphatic heterocycles. The lowest BCUT2D eigenvalue weighted by Gasteiger charge is -2.40. The van der Waals surface area contributed by atoms with E-state index in [1.165, 1.54) is 11.3 Å². The molecule has 5 rings (SSSR count). The van der Waals surface area contributed by atoms with E-state index in [0.29, 0.717) is 28.8 Å². The smallest absolute Gasteiger partial charge is 0.250 e. The first-order valence-corrected chi connectivity index (χ1v) is 11.0. The van der Waals surface area contributed by atoms with Crippen molar-refractivity contribution in [3.05, 3.63) is 53.3 Å². The number of benzene rings is 1. The number of H-pyrrole nitrogens is 1. The number of nitrogens with one attached hydrogen (secondary N) is 1. The zero-order chi connectivity index (χ0) is 21.5. The summed E-state index contributed by atoms with van der Waals surface area (Å²) in [6.45, 7) is 1.99. The minimum atomic E-state index is -0.385. The molecule has 1 atom stereocenters. The first-order valence-electron chi connectivity index (χ1n) is 9.71. The van der Waals surface area contributed by atoms with Crippen LogP contribution in [0.2, 0.25) is 5.02 Å². The second-order valence-corrected chi connectivity index (χ2v) is 8.40. The van der Waals surface area contributed by atoms with Crippen molar-refractivity contribution in [2.24, 2.45) is 0 Å². The fourth-order valence-corrected chi connectivity index (χ4v) is 4.51. The standard InChI is InChI=1S/C21H18ClN7OS/c1-3-15-21(30)28(2)16-11-24-18(14-10-25-27-17(14)20-23-8-9-31-20)26-19(16)29(15)13-6-4-12(22)5-7-13/h4-11,15H,3H2,1-2H3,(H,25,27)/t15-/m1/s1. The minimum absolute atomic E-state index is 0.00640. The van der Waals surface area contributed by atoms with Crippen LogP contribution in [0.3, 0.4) is 0 Å². The van der Waals surface area contributed by atoms with Crippen LogP contribution < -0.4 is 9.80 Å². The van der Waals surface area contributed by atoms with E-state index >= 15 is 0 Å². The highest BCUT2D eigenvalue weighted by atomic mass is 35.5. The molecule has 0 saturated heterocycles.